The highest BCUT2D eigenvalue weighted by Gasteiger charge is 2.26. The number of thiocarbonyl (C=S) groups is 1. The zero-order valence-corrected chi connectivity index (χ0v) is 12.3. The smallest absolute Gasteiger partial charge is 0.410 e. The minimum atomic E-state index is -0.307. The van der Waals surface area contributed by atoms with Gasteiger partial charge in [-0.15, -0.1) is 0 Å². The molecule has 0 saturated carbocycles. The summed E-state index contributed by atoms with van der Waals surface area (Å²) in [5.41, 5.74) is 5.65. The van der Waals surface area contributed by atoms with Gasteiger partial charge in [0, 0.05) is 26.2 Å². The minimum Gasteiger partial charge on any atom is -0.410 e. The first-order valence-electron chi connectivity index (χ1n) is 6.63. The molecule has 1 amide bonds. The summed E-state index contributed by atoms with van der Waals surface area (Å²) in [5.74, 6) is 0.566. The Balaban J connectivity index is 1.84. The predicted octanol–water partition coefficient (Wildman–Crippen LogP) is 1.48. The number of hydrogen-bond donors (Lipinski definition) is 1. The highest BCUT2D eigenvalue weighted by atomic mass is 32.1. The van der Waals surface area contributed by atoms with Crippen molar-refractivity contribution in [2.45, 2.75) is 13.0 Å². The molecule has 5 nitrogen and oxygen atoms in total. The first-order chi connectivity index (χ1) is 9.58. The maximum absolute atomic E-state index is 12.0. The van der Waals surface area contributed by atoms with Crippen LogP contribution in [0.2, 0.25) is 0 Å². The summed E-state index contributed by atoms with van der Waals surface area (Å²) < 4.78 is 5.32. The second kappa shape index (κ2) is 6.67. The molecule has 1 heterocycles. The van der Waals surface area contributed by atoms with Gasteiger partial charge in [0.15, 0.2) is 0 Å². The van der Waals surface area contributed by atoms with Gasteiger partial charge in [-0.05, 0) is 19.1 Å². The Morgan fingerprint density at radius 2 is 1.85 bits per heavy atom. The molecule has 6 heteroatoms. The van der Waals surface area contributed by atoms with E-state index in [1.807, 2.05) is 25.1 Å². The molecule has 2 N–H and O–H groups in total. The van der Waals surface area contributed by atoms with E-state index in [0.717, 1.165) is 13.1 Å². The van der Waals surface area contributed by atoms with Crippen molar-refractivity contribution >= 4 is 23.3 Å². The van der Waals surface area contributed by atoms with E-state index in [9.17, 15) is 4.79 Å². The molecule has 0 aromatic heterocycles. The largest absolute Gasteiger partial charge is 0.415 e. The van der Waals surface area contributed by atoms with Crippen LogP contribution in [0, 0.1) is 0 Å². The van der Waals surface area contributed by atoms with Crippen molar-refractivity contribution in [1.29, 1.82) is 0 Å². The van der Waals surface area contributed by atoms with Gasteiger partial charge < -0.3 is 15.4 Å². The number of nitrogens with two attached hydrogens (primary N) is 1. The Hall–Kier alpha value is -1.66. The summed E-state index contributed by atoms with van der Waals surface area (Å²) in [5, 5.41) is 0. The Morgan fingerprint density at radius 1 is 1.25 bits per heavy atom. The Kier molecular flexibility index (Phi) is 4.92. The number of ether oxygens (including phenoxy) is 1. The van der Waals surface area contributed by atoms with Gasteiger partial charge in [0.2, 0.25) is 0 Å². The summed E-state index contributed by atoms with van der Waals surface area (Å²) in [6, 6.07) is 9.16. The van der Waals surface area contributed by atoms with Crippen LogP contribution in [0.4, 0.5) is 4.79 Å². The number of carbonyl (C=O) groups excluding carboxylic acids is 1. The van der Waals surface area contributed by atoms with E-state index in [1.54, 1.807) is 17.0 Å². The lowest BCUT2D eigenvalue weighted by Crippen LogP contribution is -2.54. The van der Waals surface area contributed by atoms with Gasteiger partial charge in [-0.2, -0.15) is 0 Å². The number of carbonyl (C=O) groups is 1. The van der Waals surface area contributed by atoms with Crippen LogP contribution in [-0.4, -0.2) is 53.1 Å². The number of piperazine rings is 1. The van der Waals surface area contributed by atoms with Crippen molar-refractivity contribution in [1.82, 2.24) is 9.80 Å². The Bertz CT molecular complexity index is 473. The average molecular weight is 293 g/mol. The lowest BCUT2D eigenvalue weighted by atomic mass is 10.2. The molecule has 0 radical (unpaired) electrons. The van der Waals surface area contributed by atoms with Crippen molar-refractivity contribution in [3.63, 3.8) is 0 Å². The number of nitrogens with zero attached hydrogens (tertiary/aromatic N) is 2. The van der Waals surface area contributed by atoms with Crippen LogP contribution in [0.15, 0.2) is 30.3 Å². The van der Waals surface area contributed by atoms with Gasteiger partial charge >= 0.3 is 6.09 Å². The monoisotopic (exact) mass is 293 g/mol. The molecule has 1 fully saturated rings. The fourth-order valence-electron chi connectivity index (χ4n) is 2.13. The van der Waals surface area contributed by atoms with E-state index in [4.69, 9.17) is 22.7 Å². The zero-order chi connectivity index (χ0) is 14.5. The first kappa shape index (κ1) is 14.7. The molecule has 1 aliphatic heterocycles. The molecule has 1 saturated heterocycles. The van der Waals surface area contributed by atoms with E-state index in [1.165, 1.54) is 0 Å². The molecule has 1 aromatic carbocycles. The summed E-state index contributed by atoms with van der Waals surface area (Å²) in [7, 11) is 0. The normalized spacial score (nSPS) is 17.6. The topological polar surface area (TPSA) is 58.8 Å². The maximum atomic E-state index is 12.0. The lowest BCUT2D eigenvalue weighted by molar-refractivity contribution is 0.105. The van der Waals surface area contributed by atoms with Crippen molar-refractivity contribution in [2.24, 2.45) is 5.73 Å². The molecule has 1 atom stereocenters. The molecule has 0 bridgehead atoms. The fourth-order valence-corrected chi connectivity index (χ4v) is 2.27. The minimum absolute atomic E-state index is 0.0669. The SMILES string of the molecule is CC(C(N)=S)N1CCN(C(=O)Oc2ccccc2)CC1. The summed E-state index contributed by atoms with van der Waals surface area (Å²) in [6.07, 6.45) is -0.307. The number of para-hydroxylation sites is 1. The van der Waals surface area contributed by atoms with Gasteiger partial charge in [-0.25, -0.2) is 4.79 Å². The number of rotatable bonds is 3. The van der Waals surface area contributed by atoms with Crippen LogP contribution in [0.3, 0.4) is 0 Å². The zero-order valence-electron chi connectivity index (χ0n) is 11.5. The van der Waals surface area contributed by atoms with Crippen molar-refractivity contribution in [2.75, 3.05) is 26.2 Å². The lowest BCUT2D eigenvalue weighted by Gasteiger charge is -2.36. The highest BCUT2D eigenvalue weighted by Crippen LogP contribution is 2.12. The Morgan fingerprint density at radius 3 is 2.40 bits per heavy atom. The van der Waals surface area contributed by atoms with Crippen LogP contribution < -0.4 is 10.5 Å². The number of amides is 1. The van der Waals surface area contributed by atoms with Gasteiger partial charge in [-0.1, -0.05) is 30.4 Å². The molecular weight excluding hydrogens is 274 g/mol. The predicted molar refractivity (Wildman–Crippen MR) is 81.9 cm³/mol. The van der Waals surface area contributed by atoms with Crippen molar-refractivity contribution in [3.8, 4) is 5.75 Å². The fraction of sp³-hybridized carbons (Fsp3) is 0.429. The van der Waals surface area contributed by atoms with Gasteiger partial charge in [0.25, 0.3) is 0 Å². The molecule has 0 spiro atoms. The molecule has 1 unspecified atom stereocenters. The molecule has 108 valence electrons. The standard InChI is InChI=1S/C14H19N3O2S/c1-11(13(15)20)16-7-9-17(10-8-16)14(18)19-12-5-3-2-4-6-12/h2-6,11H,7-10H2,1H3,(H2,15,20). The van der Waals surface area contributed by atoms with E-state index < -0.39 is 0 Å². The number of hydrogen-bond acceptors (Lipinski definition) is 4. The third-order valence-electron chi connectivity index (χ3n) is 3.48. The average Bonchev–Trinajstić information content (AvgIpc) is 2.47. The van der Waals surface area contributed by atoms with Gasteiger partial charge in [0.05, 0.1) is 11.0 Å². The van der Waals surface area contributed by atoms with Crippen LogP contribution in [-0.2, 0) is 0 Å². The third-order valence-corrected chi connectivity index (χ3v) is 3.82. The maximum Gasteiger partial charge on any atom is 0.415 e. The molecule has 2 rings (SSSR count). The third kappa shape index (κ3) is 3.68. The van der Waals surface area contributed by atoms with Crippen molar-refractivity contribution in [3.05, 3.63) is 30.3 Å². The van der Waals surface area contributed by atoms with E-state index in [-0.39, 0.29) is 12.1 Å². The van der Waals surface area contributed by atoms with Crippen LogP contribution in [0.25, 0.3) is 0 Å². The van der Waals surface area contributed by atoms with E-state index in [2.05, 4.69) is 4.90 Å². The molecular formula is C14H19N3O2S. The van der Waals surface area contributed by atoms with Gasteiger partial charge in [-0.3, -0.25) is 4.90 Å². The summed E-state index contributed by atoms with van der Waals surface area (Å²) in [6.45, 7) is 4.74. The van der Waals surface area contributed by atoms with Crippen LogP contribution in [0.5, 0.6) is 5.75 Å². The van der Waals surface area contributed by atoms with Crippen molar-refractivity contribution < 1.29 is 9.53 Å². The quantitative estimate of drug-likeness (QED) is 0.855. The molecule has 1 aromatic rings. The van der Waals surface area contributed by atoms with Gasteiger partial charge in [0.1, 0.15) is 5.75 Å². The Labute approximate surface area is 124 Å². The van der Waals surface area contributed by atoms with E-state index in [0.29, 0.717) is 23.8 Å². The van der Waals surface area contributed by atoms with E-state index >= 15 is 0 Å². The highest BCUT2D eigenvalue weighted by molar-refractivity contribution is 7.80. The van der Waals surface area contributed by atoms with Crippen LogP contribution in [0.1, 0.15) is 6.92 Å². The van der Waals surface area contributed by atoms with Crippen LogP contribution >= 0.6 is 12.2 Å². The summed E-state index contributed by atoms with van der Waals surface area (Å²) in [4.78, 5) is 16.4. The molecule has 1 aliphatic rings. The second-order valence-corrected chi connectivity index (χ2v) is 5.25. The second-order valence-electron chi connectivity index (χ2n) is 4.78. The number of benzene rings is 1. The summed E-state index contributed by atoms with van der Waals surface area (Å²) >= 11 is 5.00. The molecule has 0 aliphatic carbocycles. The first-order valence-corrected chi connectivity index (χ1v) is 7.04. The molecule has 20 heavy (non-hydrogen) atoms.